The summed E-state index contributed by atoms with van der Waals surface area (Å²) in [5.41, 5.74) is 0.194. The van der Waals surface area contributed by atoms with E-state index >= 15 is 0 Å². The van der Waals surface area contributed by atoms with Crippen LogP contribution in [-0.4, -0.2) is 11.7 Å². The molecule has 1 saturated heterocycles. The highest BCUT2D eigenvalue weighted by molar-refractivity contribution is 6.32. The number of rotatable bonds is 1. The van der Waals surface area contributed by atoms with Crippen LogP contribution in [0.15, 0.2) is 6.07 Å². The van der Waals surface area contributed by atoms with Crippen LogP contribution < -0.4 is 5.32 Å². The quantitative estimate of drug-likeness (QED) is 0.748. The van der Waals surface area contributed by atoms with Crippen LogP contribution in [0.4, 0.5) is 8.78 Å². The minimum Gasteiger partial charge on any atom is -0.504 e. The molecule has 16 heavy (non-hydrogen) atoms. The number of hydrogen-bond donors (Lipinski definition) is 2. The van der Waals surface area contributed by atoms with Gasteiger partial charge in [-0.25, -0.2) is 4.39 Å². The minimum absolute atomic E-state index is 0.152. The van der Waals surface area contributed by atoms with E-state index < -0.39 is 17.4 Å². The van der Waals surface area contributed by atoms with Crippen molar-refractivity contribution in [3.63, 3.8) is 0 Å². The number of phenols is 1. The molecule has 1 heterocycles. The Balaban J connectivity index is 2.40. The Kier molecular flexibility index (Phi) is 3.30. The van der Waals surface area contributed by atoms with Gasteiger partial charge in [0.1, 0.15) is 0 Å². The van der Waals surface area contributed by atoms with E-state index in [9.17, 15) is 8.78 Å². The van der Waals surface area contributed by atoms with Gasteiger partial charge in [-0.1, -0.05) is 18.0 Å². The topological polar surface area (TPSA) is 32.3 Å². The molecule has 1 atom stereocenters. The summed E-state index contributed by atoms with van der Waals surface area (Å²) < 4.78 is 26.9. The molecule has 1 aliphatic rings. The fourth-order valence-electron chi connectivity index (χ4n) is 1.97. The number of benzene rings is 1. The molecule has 88 valence electrons. The van der Waals surface area contributed by atoms with Gasteiger partial charge in [0.25, 0.3) is 0 Å². The maximum absolute atomic E-state index is 13.6. The summed E-state index contributed by atoms with van der Waals surface area (Å²) in [6.07, 6.45) is 2.75. The Morgan fingerprint density at radius 2 is 2.06 bits per heavy atom. The molecule has 1 aromatic rings. The van der Waals surface area contributed by atoms with Crippen molar-refractivity contribution in [3.8, 4) is 5.75 Å². The molecule has 0 radical (unpaired) electrons. The van der Waals surface area contributed by atoms with E-state index in [-0.39, 0.29) is 16.6 Å². The van der Waals surface area contributed by atoms with Crippen LogP contribution in [0.5, 0.6) is 5.75 Å². The van der Waals surface area contributed by atoms with E-state index in [1.807, 2.05) is 0 Å². The second kappa shape index (κ2) is 4.55. The third-order valence-corrected chi connectivity index (χ3v) is 3.14. The van der Waals surface area contributed by atoms with Gasteiger partial charge in [-0.2, -0.15) is 4.39 Å². The van der Waals surface area contributed by atoms with Crippen LogP contribution in [0.25, 0.3) is 0 Å². The molecule has 5 heteroatoms. The fraction of sp³-hybridized carbons (Fsp3) is 0.455. The van der Waals surface area contributed by atoms with Gasteiger partial charge in [-0.15, -0.1) is 0 Å². The number of aromatic hydroxyl groups is 1. The first-order chi connectivity index (χ1) is 7.61. The number of hydrogen-bond acceptors (Lipinski definition) is 2. The van der Waals surface area contributed by atoms with Crippen molar-refractivity contribution in [1.82, 2.24) is 5.32 Å². The Morgan fingerprint density at radius 1 is 1.31 bits per heavy atom. The Labute approximate surface area is 97.2 Å². The molecule has 2 rings (SSSR count). The van der Waals surface area contributed by atoms with Crippen LogP contribution in [-0.2, 0) is 0 Å². The highest BCUT2D eigenvalue weighted by Crippen LogP contribution is 2.35. The van der Waals surface area contributed by atoms with E-state index in [0.29, 0.717) is 0 Å². The average Bonchev–Trinajstić information content (AvgIpc) is 2.32. The van der Waals surface area contributed by atoms with Gasteiger partial charge in [-0.3, -0.25) is 0 Å². The molecule has 1 unspecified atom stereocenters. The van der Waals surface area contributed by atoms with Crippen molar-refractivity contribution in [1.29, 1.82) is 0 Å². The Hall–Kier alpha value is -0.870. The zero-order chi connectivity index (χ0) is 11.7. The summed E-state index contributed by atoms with van der Waals surface area (Å²) in [6.45, 7) is 0.782. The number of halogens is 3. The van der Waals surface area contributed by atoms with E-state index in [1.165, 1.54) is 6.07 Å². The van der Waals surface area contributed by atoms with Crippen molar-refractivity contribution in [3.05, 3.63) is 28.3 Å². The fourth-order valence-corrected chi connectivity index (χ4v) is 2.18. The van der Waals surface area contributed by atoms with Gasteiger partial charge in [-0.05, 0) is 25.5 Å². The second-order valence-electron chi connectivity index (χ2n) is 3.93. The molecule has 1 aliphatic heterocycles. The van der Waals surface area contributed by atoms with E-state index in [4.69, 9.17) is 16.7 Å². The van der Waals surface area contributed by atoms with Crippen LogP contribution >= 0.6 is 11.6 Å². The third kappa shape index (κ3) is 1.99. The first-order valence-corrected chi connectivity index (χ1v) is 5.59. The predicted octanol–water partition coefficient (Wildman–Crippen LogP) is 3.14. The molecule has 0 aromatic heterocycles. The van der Waals surface area contributed by atoms with Crippen LogP contribution in [0, 0.1) is 11.6 Å². The first-order valence-electron chi connectivity index (χ1n) is 5.21. The van der Waals surface area contributed by atoms with Gasteiger partial charge in [0.15, 0.2) is 11.6 Å². The van der Waals surface area contributed by atoms with Crippen molar-refractivity contribution in [2.75, 3.05) is 6.54 Å². The molecule has 2 N–H and O–H groups in total. The monoisotopic (exact) mass is 247 g/mol. The van der Waals surface area contributed by atoms with Crippen LogP contribution in [0.3, 0.4) is 0 Å². The molecule has 1 aromatic carbocycles. The molecule has 2 nitrogen and oxygen atoms in total. The van der Waals surface area contributed by atoms with Crippen molar-refractivity contribution < 1.29 is 13.9 Å². The number of piperidine rings is 1. The minimum atomic E-state index is -1.27. The van der Waals surface area contributed by atoms with E-state index in [1.54, 1.807) is 0 Å². The summed E-state index contributed by atoms with van der Waals surface area (Å²) in [6, 6.07) is 1.07. The van der Waals surface area contributed by atoms with E-state index in [2.05, 4.69) is 5.32 Å². The van der Waals surface area contributed by atoms with Crippen LogP contribution in [0.2, 0.25) is 5.02 Å². The zero-order valence-electron chi connectivity index (χ0n) is 8.56. The summed E-state index contributed by atoms with van der Waals surface area (Å²) in [5, 5.41) is 12.1. The molecule has 0 aliphatic carbocycles. The Morgan fingerprint density at radius 3 is 2.69 bits per heavy atom. The van der Waals surface area contributed by atoms with Crippen molar-refractivity contribution in [2.24, 2.45) is 0 Å². The number of phenolic OH excluding ortho intramolecular Hbond substituents is 1. The number of nitrogens with one attached hydrogen (secondary N) is 1. The molecule has 0 amide bonds. The van der Waals surface area contributed by atoms with E-state index in [0.717, 1.165) is 25.8 Å². The van der Waals surface area contributed by atoms with Gasteiger partial charge < -0.3 is 10.4 Å². The smallest absolute Gasteiger partial charge is 0.202 e. The van der Waals surface area contributed by atoms with Gasteiger partial charge in [0.05, 0.1) is 5.02 Å². The lowest BCUT2D eigenvalue weighted by Gasteiger charge is -2.24. The first kappa shape index (κ1) is 11.6. The molecule has 1 fully saturated rings. The predicted molar refractivity (Wildman–Crippen MR) is 57.6 cm³/mol. The normalized spacial score (nSPS) is 21.1. The summed E-state index contributed by atoms with van der Waals surface area (Å²) >= 11 is 5.63. The lowest BCUT2D eigenvalue weighted by molar-refractivity contribution is 0.374. The maximum Gasteiger partial charge on any atom is 0.202 e. The Bertz CT molecular complexity index is 405. The molecule has 0 bridgehead atoms. The largest absolute Gasteiger partial charge is 0.504 e. The van der Waals surface area contributed by atoms with Crippen LogP contribution in [0.1, 0.15) is 30.9 Å². The highest BCUT2D eigenvalue weighted by atomic mass is 35.5. The lowest BCUT2D eigenvalue weighted by atomic mass is 9.97. The third-order valence-electron chi connectivity index (χ3n) is 2.85. The summed E-state index contributed by atoms with van der Waals surface area (Å²) in [5.74, 6) is -3.10. The maximum atomic E-state index is 13.6. The zero-order valence-corrected chi connectivity index (χ0v) is 9.32. The molecular formula is C11H12ClF2NO. The summed E-state index contributed by atoms with van der Waals surface area (Å²) in [4.78, 5) is 0. The summed E-state index contributed by atoms with van der Waals surface area (Å²) in [7, 11) is 0. The van der Waals surface area contributed by atoms with Crippen molar-refractivity contribution in [2.45, 2.75) is 25.3 Å². The molecule has 0 saturated carbocycles. The van der Waals surface area contributed by atoms with Crippen molar-refractivity contribution >= 4 is 11.6 Å². The standard InChI is InChI=1S/C11H12ClF2NO/c12-7-5-6(8-3-1-2-4-15-8)9(13)10(14)11(7)16/h5,8,15-16H,1-4H2. The lowest BCUT2D eigenvalue weighted by Crippen LogP contribution is -2.27. The van der Waals surface area contributed by atoms with Gasteiger partial charge in [0, 0.05) is 11.6 Å². The molecule has 0 spiro atoms. The molecular weight excluding hydrogens is 236 g/mol. The highest BCUT2D eigenvalue weighted by Gasteiger charge is 2.24. The second-order valence-corrected chi connectivity index (χ2v) is 4.33. The van der Waals surface area contributed by atoms with Gasteiger partial charge in [0.2, 0.25) is 5.82 Å². The SMILES string of the molecule is Oc1c(Cl)cc(C2CCCCN2)c(F)c1F. The average molecular weight is 248 g/mol. The van der Waals surface area contributed by atoms with Gasteiger partial charge >= 0.3 is 0 Å².